The van der Waals surface area contributed by atoms with Crippen molar-refractivity contribution < 1.29 is 19.1 Å². The Morgan fingerprint density at radius 2 is 2.21 bits per heavy atom. The van der Waals surface area contributed by atoms with E-state index in [-0.39, 0.29) is 30.0 Å². The molecule has 0 saturated carbocycles. The van der Waals surface area contributed by atoms with Crippen LogP contribution >= 0.6 is 0 Å². The number of halogens is 1. The lowest BCUT2D eigenvalue weighted by molar-refractivity contribution is -0.138. The first-order chi connectivity index (χ1) is 11.5. The fraction of sp³-hybridized carbons (Fsp3) is 0.579. The number of carboxylic acid groups (broad SMARTS) is 1. The van der Waals surface area contributed by atoms with Crippen LogP contribution in [0.5, 0.6) is 0 Å². The van der Waals surface area contributed by atoms with Crippen LogP contribution in [-0.2, 0) is 16.0 Å². The summed E-state index contributed by atoms with van der Waals surface area (Å²) in [5.41, 5.74) is 0.910. The average Bonchev–Trinajstić information content (AvgIpc) is 2.57. The molecule has 132 valence electrons. The van der Waals surface area contributed by atoms with Crippen molar-refractivity contribution in [3.63, 3.8) is 0 Å². The molecular weight excluding hydrogens is 309 g/mol. The van der Waals surface area contributed by atoms with E-state index in [0.29, 0.717) is 25.8 Å². The summed E-state index contributed by atoms with van der Waals surface area (Å²) < 4.78 is 13.2. The van der Waals surface area contributed by atoms with Crippen LogP contribution < -0.4 is 0 Å². The zero-order valence-electron chi connectivity index (χ0n) is 14.2. The van der Waals surface area contributed by atoms with Crippen LogP contribution in [0.2, 0.25) is 0 Å². The lowest BCUT2D eigenvalue weighted by Crippen LogP contribution is -2.42. The first-order valence-corrected chi connectivity index (χ1v) is 8.70. The molecule has 1 aromatic rings. The second-order valence-electron chi connectivity index (χ2n) is 6.79. The summed E-state index contributed by atoms with van der Waals surface area (Å²) in [5, 5.41) is 8.80. The second-order valence-corrected chi connectivity index (χ2v) is 6.79. The molecular formula is C19H26FNO3. The Balaban J connectivity index is 1.82. The quantitative estimate of drug-likeness (QED) is 0.830. The van der Waals surface area contributed by atoms with E-state index in [1.165, 1.54) is 12.1 Å². The number of carboxylic acids is 1. The van der Waals surface area contributed by atoms with Gasteiger partial charge in [0.25, 0.3) is 0 Å². The molecule has 0 aromatic heterocycles. The van der Waals surface area contributed by atoms with E-state index >= 15 is 0 Å². The van der Waals surface area contributed by atoms with E-state index in [4.69, 9.17) is 5.11 Å². The zero-order chi connectivity index (χ0) is 17.5. The van der Waals surface area contributed by atoms with E-state index < -0.39 is 5.97 Å². The van der Waals surface area contributed by atoms with Crippen molar-refractivity contribution in [2.24, 2.45) is 11.8 Å². The lowest BCUT2D eigenvalue weighted by Gasteiger charge is -2.34. The molecule has 0 aliphatic carbocycles. The van der Waals surface area contributed by atoms with Gasteiger partial charge in [-0.2, -0.15) is 0 Å². The van der Waals surface area contributed by atoms with Gasteiger partial charge in [0.05, 0.1) is 0 Å². The standard InChI is InChI=1S/C19H26FNO3/c1-14(7-8-15-4-2-6-17(20)12-15)19(24)21-11-3-5-16(13-21)9-10-18(22)23/h2,4,6,12,14,16H,3,5,7-11,13H2,1H3,(H,22,23)/t14-,16-/m0/s1. The second kappa shape index (κ2) is 8.81. The van der Waals surface area contributed by atoms with Crippen LogP contribution in [-0.4, -0.2) is 35.0 Å². The molecule has 1 aliphatic rings. The fourth-order valence-electron chi connectivity index (χ4n) is 3.34. The first-order valence-electron chi connectivity index (χ1n) is 8.70. The van der Waals surface area contributed by atoms with E-state index in [0.717, 1.165) is 24.9 Å². The Hall–Kier alpha value is -1.91. The Morgan fingerprint density at radius 3 is 2.92 bits per heavy atom. The van der Waals surface area contributed by atoms with Gasteiger partial charge in [0.15, 0.2) is 0 Å². The summed E-state index contributed by atoms with van der Waals surface area (Å²) in [6.45, 7) is 3.34. The van der Waals surface area contributed by atoms with Crippen molar-refractivity contribution in [1.29, 1.82) is 0 Å². The maximum absolute atomic E-state index is 13.2. The molecule has 1 N–H and O–H groups in total. The summed E-state index contributed by atoms with van der Waals surface area (Å²) in [6.07, 6.45) is 4.11. The number of aryl methyl sites for hydroxylation is 1. The van der Waals surface area contributed by atoms with Crippen molar-refractivity contribution in [2.75, 3.05) is 13.1 Å². The average molecular weight is 335 g/mol. The van der Waals surface area contributed by atoms with Gasteiger partial charge in [-0.3, -0.25) is 9.59 Å². The number of hydrogen-bond acceptors (Lipinski definition) is 2. The van der Waals surface area contributed by atoms with E-state index in [1.807, 2.05) is 17.9 Å². The van der Waals surface area contributed by atoms with Crippen LogP contribution in [0.3, 0.4) is 0 Å². The molecule has 2 atom stereocenters. The topological polar surface area (TPSA) is 57.6 Å². The monoisotopic (exact) mass is 335 g/mol. The Morgan fingerprint density at radius 1 is 1.42 bits per heavy atom. The Labute approximate surface area is 142 Å². The van der Waals surface area contributed by atoms with Gasteiger partial charge in [-0.15, -0.1) is 0 Å². The molecule has 4 nitrogen and oxygen atoms in total. The van der Waals surface area contributed by atoms with Crippen LogP contribution in [0.1, 0.15) is 44.6 Å². The predicted octanol–water partition coefficient (Wildman–Crippen LogP) is 3.50. The van der Waals surface area contributed by atoms with Gasteiger partial charge < -0.3 is 10.0 Å². The SMILES string of the molecule is C[C@@H](CCc1cccc(F)c1)C(=O)N1CCC[C@@H](CCC(=O)O)C1. The molecule has 1 amide bonds. The number of benzene rings is 1. The van der Waals surface area contributed by atoms with E-state index in [1.54, 1.807) is 6.07 Å². The smallest absolute Gasteiger partial charge is 0.303 e. The van der Waals surface area contributed by atoms with Crippen molar-refractivity contribution in [1.82, 2.24) is 4.90 Å². The van der Waals surface area contributed by atoms with E-state index in [9.17, 15) is 14.0 Å². The first kappa shape index (κ1) is 18.4. The Kier molecular flexibility index (Phi) is 6.76. The van der Waals surface area contributed by atoms with Crippen LogP contribution in [0.15, 0.2) is 24.3 Å². The summed E-state index contributed by atoms with van der Waals surface area (Å²) in [6, 6.07) is 6.50. The zero-order valence-corrected chi connectivity index (χ0v) is 14.2. The van der Waals surface area contributed by atoms with Crippen molar-refractivity contribution in [3.8, 4) is 0 Å². The number of carbonyl (C=O) groups is 2. The van der Waals surface area contributed by atoms with Gasteiger partial charge in [0.1, 0.15) is 5.82 Å². The van der Waals surface area contributed by atoms with Gasteiger partial charge in [0, 0.05) is 25.4 Å². The molecule has 0 unspecified atom stereocenters. The molecule has 1 heterocycles. The lowest BCUT2D eigenvalue weighted by atomic mass is 9.92. The third kappa shape index (κ3) is 5.62. The number of likely N-dealkylation sites (tertiary alicyclic amines) is 1. The summed E-state index contributed by atoms with van der Waals surface area (Å²) in [5.74, 6) is -0.710. The van der Waals surface area contributed by atoms with Crippen LogP contribution in [0, 0.1) is 17.7 Å². The minimum Gasteiger partial charge on any atom is -0.481 e. The van der Waals surface area contributed by atoms with Crippen LogP contribution in [0.4, 0.5) is 4.39 Å². The van der Waals surface area contributed by atoms with Crippen molar-refractivity contribution in [2.45, 2.75) is 45.4 Å². The van der Waals surface area contributed by atoms with Gasteiger partial charge >= 0.3 is 5.97 Å². The minimum absolute atomic E-state index is 0.105. The molecule has 1 fully saturated rings. The van der Waals surface area contributed by atoms with Crippen LogP contribution in [0.25, 0.3) is 0 Å². The maximum Gasteiger partial charge on any atom is 0.303 e. The number of piperidine rings is 1. The third-order valence-electron chi connectivity index (χ3n) is 4.77. The molecule has 0 radical (unpaired) electrons. The summed E-state index contributed by atoms with van der Waals surface area (Å²) in [7, 11) is 0. The highest BCUT2D eigenvalue weighted by Crippen LogP contribution is 2.23. The Bertz CT molecular complexity index is 575. The normalized spacial score (nSPS) is 19.1. The highest BCUT2D eigenvalue weighted by atomic mass is 19.1. The molecule has 1 aromatic carbocycles. The predicted molar refractivity (Wildman–Crippen MR) is 90.1 cm³/mol. The van der Waals surface area contributed by atoms with Gasteiger partial charge in [-0.05, 0) is 55.7 Å². The highest BCUT2D eigenvalue weighted by molar-refractivity contribution is 5.78. The largest absolute Gasteiger partial charge is 0.481 e. The van der Waals surface area contributed by atoms with Crippen molar-refractivity contribution in [3.05, 3.63) is 35.6 Å². The van der Waals surface area contributed by atoms with Crippen molar-refractivity contribution >= 4 is 11.9 Å². The maximum atomic E-state index is 13.2. The molecule has 1 saturated heterocycles. The highest BCUT2D eigenvalue weighted by Gasteiger charge is 2.26. The number of rotatable bonds is 7. The molecule has 2 rings (SSSR count). The van der Waals surface area contributed by atoms with E-state index in [2.05, 4.69) is 0 Å². The van der Waals surface area contributed by atoms with Gasteiger partial charge in [0.2, 0.25) is 5.91 Å². The number of hydrogen-bond donors (Lipinski definition) is 1. The third-order valence-corrected chi connectivity index (χ3v) is 4.77. The number of aliphatic carboxylic acids is 1. The molecule has 1 aliphatic heterocycles. The fourth-order valence-corrected chi connectivity index (χ4v) is 3.34. The number of carbonyl (C=O) groups excluding carboxylic acids is 1. The number of nitrogens with zero attached hydrogens (tertiary/aromatic N) is 1. The molecule has 5 heteroatoms. The molecule has 0 spiro atoms. The minimum atomic E-state index is -0.776. The number of amides is 1. The summed E-state index contributed by atoms with van der Waals surface area (Å²) in [4.78, 5) is 25.2. The molecule has 24 heavy (non-hydrogen) atoms. The summed E-state index contributed by atoms with van der Waals surface area (Å²) >= 11 is 0. The van der Waals surface area contributed by atoms with Gasteiger partial charge in [-0.25, -0.2) is 4.39 Å². The molecule has 0 bridgehead atoms. The van der Waals surface area contributed by atoms with Gasteiger partial charge in [-0.1, -0.05) is 19.1 Å².